The van der Waals surface area contributed by atoms with Gasteiger partial charge in [0.2, 0.25) is 0 Å². The van der Waals surface area contributed by atoms with Crippen LogP contribution < -0.4 is 0 Å². The summed E-state index contributed by atoms with van der Waals surface area (Å²) in [6.07, 6.45) is -0.206. The SMILES string of the molecule is CO[Si](CCSCCOCCOCCSCC[Si](CO)(CO)CO)(OC)OC. The highest BCUT2D eigenvalue weighted by molar-refractivity contribution is 7.99. The highest BCUT2D eigenvalue weighted by Gasteiger charge is 2.36. The molecule has 0 aromatic heterocycles. The third kappa shape index (κ3) is 12.5. The van der Waals surface area contributed by atoms with Crippen LogP contribution in [0.3, 0.4) is 0 Å². The summed E-state index contributed by atoms with van der Waals surface area (Å²) in [5.74, 6) is 3.49. The van der Waals surface area contributed by atoms with E-state index < -0.39 is 16.9 Å². The van der Waals surface area contributed by atoms with Gasteiger partial charge in [-0.3, -0.25) is 0 Å². The first kappa shape index (κ1) is 28.8. The lowest BCUT2D eigenvalue weighted by molar-refractivity contribution is 0.0605. The van der Waals surface area contributed by atoms with E-state index in [1.165, 1.54) is 0 Å². The summed E-state index contributed by atoms with van der Waals surface area (Å²) in [7, 11) is 0.150. The molecule has 0 rings (SSSR count). The molecule has 0 fully saturated rings. The summed E-state index contributed by atoms with van der Waals surface area (Å²) in [4.78, 5) is 0. The van der Waals surface area contributed by atoms with Crippen LogP contribution in [0.2, 0.25) is 12.1 Å². The van der Waals surface area contributed by atoms with Gasteiger partial charge in [-0.15, -0.1) is 0 Å². The second-order valence-corrected chi connectivity index (χ2v) is 16.2. The minimum Gasteiger partial charge on any atom is -0.399 e. The normalized spacial score (nSPS) is 12.6. The fraction of sp³-hybridized carbons (Fsp3) is 1.00. The van der Waals surface area contributed by atoms with E-state index in [9.17, 15) is 15.3 Å². The molecule has 0 aromatic rings. The van der Waals surface area contributed by atoms with Crippen LogP contribution in [0.1, 0.15) is 0 Å². The Hall–Kier alpha value is 0.814. The maximum absolute atomic E-state index is 9.31. The number of aliphatic hydroxyl groups excluding tert-OH is 3. The molecule has 0 aliphatic carbocycles. The fourth-order valence-corrected chi connectivity index (χ4v) is 8.84. The molecule has 0 saturated carbocycles. The topological polar surface area (TPSA) is 107 Å². The predicted octanol–water partition coefficient (Wildman–Crippen LogP) is 0.407. The first-order valence-electron chi connectivity index (χ1n) is 9.36. The Morgan fingerprint density at radius 3 is 1.43 bits per heavy atom. The number of aliphatic hydroxyl groups is 3. The Bertz CT molecular complexity index is 302. The summed E-state index contributed by atoms with van der Waals surface area (Å²) in [5.41, 5.74) is 0. The standard InChI is InChI=1S/C16H38O8S2Si2/c1-20-28(21-2,22-3)13-11-26-9-7-24-5-4-23-6-8-25-10-12-27(14-17,15-18)16-19/h17-19H,4-16H2,1-3H3. The van der Waals surface area contributed by atoms with E-state index >= 15 is 0 Å². The summed E-state index contributed by atoms with van der Waals surface area (Å²) in [6.45, 7) is 2.47. The summed E-state index contributed by atoms with van der Waals surface area (Å²) >= 11 is 3.50. The number of rotatable bonds is 21. The summed E-state index contributed by atoms with van der Waals surface area (Å²) in [6, 6.07) is 1.49. The molecule has 0 aliphatic rings. The van der Waals surface area contributed by atoms with E-state index in [0.717, 1.165) is 29.1 Å². The molecule has 0 radical (unpaired) electrons. The van der Waals surface area contributed by atoms with Crippen LogP contribution in [0, 0.1) is 0 Å². The van der Waals surface area contributed by atoms with Crippen LogP contribution in [0.15, 0.2) is 0 Å². The molecular formula is C16H38O8S2Si2. The minimum atomic E-state index is -2.45. The van der Waals surface area contributed by atoms with Crippen LogP contribution in [0.25, 0.3) is 0 Å². The quantitative estimate of drug-likeness (QED) is 0.159. The third-order valence-corrected chi connectivity index (χ3v) is 13.1. The van der Waals surface area contributed by atoms with Crippen molar-refractivity contribution >= 4 is 40.4 Å². The second-order valence-electron chi connectivity index (χ2n) is 6.22. The largest absolute Gasteiger partial charge is 0.500 e. The average Bonchev–Trinajstić information content (AvgIpc) is 2.75. The molecule has 0 saturated heterocycles. The summed E-state index contributed by atoms with van der Waals surface area (Å²) in [5, 5.41) is 27.9. The smallest absolute Gasteiger partial charge is 0.399 e. The zero-order valence-corrected chi connectivity index (χ0v) is 21.0. The Morgan fingerprint density at radius 1 is 0.607 bits per heavy atom. The molecule has 0 aromatic carbocycles. The molecular weight excluding hydrogens is 440 g/mol. The van der Waals surface area contributed by atoms with Crippen molar-refractivity contribution in [3.63, 3.8) is 0 Å². The van der Waals surface area contributed by atoms with Gasteiger partial charge in [0.1, 0.15) is 8.07 Å². The first-order chi connectivity index (χ1) is 13.6. The maximum atomic E-state index is 9.31. The first-order valence-corrected chi connectivity index (χ1v) is 16.4. The Labute approximate surface area is 180 Å². The zero-order valence-electron chi connectivity index (χ0n) is 17.4. The molecule has 0 unspecified atom stereocenters. The molecule has 0 bridgehead atoms. The minimum absolute atomic E-state index is 0.0688. The van der Waals surface area contributed by atoms with Crippen molar-refractivity contribution in [2.24, 2.45) is 0 Å². The molecule has 0 spiro atoms. The van der Waals surface area contributed by atoms with Crippen LogP contribution in [-0.4, -0.2) is 122 Å². The van der Waals surface area contributed by atoms with Crippen LogP contribution in [-0.2, 0) is 22.8 Å². The van der Waals surface area contributed by atoms with Gasteiger partial charge in [-0.1, -0.05) is 0 Å². The van der Waals surface area contributed by atoms with E-state index in [1.54, 1.807) is 44.9 Å². The van der Waals surface area contributed by atoms with Crippen molar-refractivity contribution in [3.05, 3.63) is 0 Å². The Balaban J connectivity index is 3.43. The predicted molar refractivity (Wildman–Crippen MR) is 120 cm³/mol. The molecule has 12 heteroatoms. The lowest BCUT2D eigenvalue weighted by Gasteiger charge is -2.24. The second kappa shape index (κ2) is 18.6. The van der Waals surface area contributed by atoms with Gasteiger partial charge < -0.3 is 38.1 Å². The van der Waals surface area contributed by atoms with Gasteiger partial charge in [0.15, 0.2) is 0 Å². The van der Waals surface area contributed by atoms with Gasteiger partial charge in [0.05, 0.1) is 26.4 Å². The monoisotopic (exact) mass is 478 g/mol. The fourth-order valence-electron chi connectivity index (χ4n) is 2.19. The van der Waals surface area contributed by atoms with Crippen LogP contribution in [0.5, 0.6) is 0 Å². The van der Waals surface area contributed by atoms with E-state index in [2.05, 4.69) is 0 Å². The van der Waals surface area contributed by atoms with Gasteiger partial charge in [0, 0.05) is 57.6 Å². The molecule has 3 N–H and O–H groups in total. The van der Waals surface area contributed by atoms with Crippen molar-refractivity contribution in [2.75, 3.05) is 89.5 Å². The van der Waals surface area contributed by atoms with Crippen molar-refractivity contribution in [1.82, 2.24) is 0 Å². The van der Waals surface area contributed by atoms with Crippen molar-refractivity contribution in [3.8, 4) is 0 Å². The molecule has 0 atom stereocenters. The van der Waals surface area contributed by atoms with Gasteiger partial charge in [-0.25, -0.2) is 0 Å². The maximum Gasteiger partial charge on any atom is 0.500 e. The van der Waals surface area contributed by atoms with E-state index in [-0.39, 0.29) is 18.7 Å². The van der Waals surface area contributed by atoms with Gasteiger partial charge >= 0.3 is 8.80 Å². The van der Waals surface area contributed by atoms with E-state index in [0.29, 0.717) is 32.5 Å². The number of ether oxygens (including phenoxy) is 2. The molecule has 170 valence electrons. The lowest BCUT2D eigenvalue weighted by Crippen LogP contribution is -2.48. The van der Waals surface area contributed by atoms with Gasteiger partial charge in [-0.05, 0) is 17.5 Å². The third-order valence-electron chi connectivity index (χ3n) is 4.38. The summed E-state index contributed by atoms with van der Waals surface area (Å²) < 4.78 is 27.2. The Morgan fingerprint density at radius 2 is 1.04 bits per heavy atom. The Kier molecular flexibility index (Phi) is 19.1. The number of hydrogen-bond donors (Lipinski definition) is 3. The number of thioether (sulfide) groups is 2. The van der Waals surface area contributed by atoms with Crippen molar-refractivity contribution in [1.29, 1.82) is 0 Å². The number of hydrogen-bond acceptors (Lipinski definition) is 10. The van der Waals surface area contributed by atoms with Crippen LogP contribution in [0.4, 0.5) is 0 Å². The average molecular weight is 479 g/mol. The highest BCUT2D eigenvalue weighted by Crippen LogP contribution is 2.16. The van der Waals surface area contributed by atoms with E-state index in [1.807, 2.05) is 0 Å². The van der Waals surface area contributed by atoms with Gasteiger partial charge in [0.25, 0.3) is 0 Å². The highest BCUT2D eigenvalue weighted by atomic mass is 32.2. The lowest BCUT2D eigenvalue weighted by atomic mass is 10.7. The van der Waals surface area contributed by atoms with E-state index in [4.69, 9.17) is 22.8 Å². The van der Waals surface area contributed by atoms with Crippen molar-refractivity contribution in [2.45, 2.75) is 12.1 Å². The molecule has 0 heterocycles. The van der Waals surface area contributed by atoms with Crippen molar-refractivity contribution < 1.29 is 38.1 Å². The van der Waals surface area contributed by atoms with Crippen LogP contribution >= 0.6 is 23.5 Å². The molecule has 0 aliphatic heterocycles. The molecule has 0 amide bonds. The molecule has 8 nitrogen and oxygen atoms in total. The van der Waals surface area contributed by atoms with Gasteiger partial charge in [-0.2, -0.15) is 23.5 Å². The zero-order chi connectivity index (χ0) is 21.1. The molecule has 28 heavy (non-hydrogen) atoms.